The van der Waals surface area contributed by atoms with Crippen molar-refractivity contribution in [1.82, 2.24) is 0 Å². The van der Waals surface area contributed by atoms with Crippen LogP contribution < -0.4 is 0 Å². The van der Waals surface area contributed by atoms with E-state index < -0.39 is 6.10 Å². The summed E-state index contributed by atoms with van der Waals surface area (Å²) in [5, 5.41) is 0. The molecule has 0 aromatic rings. The average molecular weight is 990 g/mol. The van der Waals surface area contributed by atoms with Gasteiger partial charge in [-0.1, -0.05) is 335 Å². The number of rotatable bonds is 60. The molecule has 0 saturated carbocycles. The summed E-state index contributed by atoms with van der Waals surface area (Å²) in [6.45, 7) is 6.70. The fourth-order valence-corrected chi connectivity index (χ4v) is 10.0. The van der Waals surface area contributed by atoms with E-state index in [9.17, 15) is 14.4 Å². The van der Waals surface area contributed by atoms with Crippen molar-refractivity contribution < 1.29 is 28.6 Å². The third-order valence-corrected chi connectivity index (χ3v) is 14.9. The first kappa shape index (κ1) is 68.4. The van der Waals surface area contributed by atoms with E-state index in [1.54, 1.807) is 0 Å². The molecule has 0 rings (SSSR count). The number of carbonyl (C=O) groups excluding carboxylic acids is 3. The minimum Gasteiger partial charge on any atom is -0.462 e. The van der Waals surface area contributed by atoms with Gasteiger partial charge in [-0.25, -0.2) is 0 Å². The topological polar surface area (TPSA) is 78.9 Å². The lowest BCUT2D eigenvalue weighted by molar-refractivity contribution is -0.167. The Hall–Kier alpha value is -1.59. The van der Waals surface area contributed by atoms with E-state index in [0.29, 0.717) is 19.3 Å². The highest BCUT2D eigenvalue weighted by Crippen LogP contribution is 2.19. The van der Waals surface area contributed by atoms with Crippen molar-refractivity contribution in [1.29, 1.82) is 0 Å². The second-order valence-corrected chi connectivity index (χ2v) is 22.1. The van der Waals surface area contributed by atoms with E-state index in [2.05, 4.69) is 20.8 Å². The molecule has 1 unspecified atom stereocenters. The Morgan fingerprint density at radius 1 is 0.229 bits per heavy atom. The zero-order chi connectivity index (χ0) is 50.7. The highest BCUT2D eigenvalue weighted by molar-refractivity contribution is 5.71. The van der Waals surface area contributed by atoms with Crippen molar-refractivity contribution in [2.75, 3.05) is 13.2 Å². The van der Waals surface area contributed by atoms with Crippen LogP contribution in [0, 0.1) is 0 Å². The number of hydrogen-bond acceptors (Lipinski definition) is 6. The van der Waals surface area contributed by atoms with Gasteiger partial charge in [-0.05, 0) is 19.3 Å². The zero-order valence-electron chi connectivity index (χ0n) is 47.8. The Bertz CT molecular complexity index is 1040. The maximum Gasteiger partial charge on any atom is 0.306 e. The number of esters is 3. The van der Waals surface area contributed by atoms with Crippen molar-refractivity contribution in [3.8, 4) is 0 Å². The van der Waals surface area contributed by atoms with Gasteiger partial charge >= 0.3 is 17.9 Å². The van der Waals surface area contributed by atoms with Crippen molar-refractivity contribution in [3.63, 3.8) is 0 Å². The normalized spacial score (nSPS) is 11.9. The number of hydrogen-bond donors (Lipinski definition) is 0. The number of unbranched alkanes of at least 4 members (excludes halogenated alkanes) is 49. The van der Waals surface area contributed by atoms with Crippen LogP contribution in [0.25, 0.3) is 0 Å². The second-order valence-electron chi connectivity index (χ2n) is 22.1. The molecular weight excluding hydrogens is 865 g/mol. The molecular formula is C64H124O6. The fourth-order valence-electron chi connectivity index (χ4n) is 10.0. The Kier molecular flexibility index (Phi) is 58.6. The maximum atomic E-state index is 12.9. The van der Waals surface area contributed by atoms with Crippen LogP contribution in [0.15, 0.2) is 0 Å². The molecule has 70 heavy (non-hydrogen) atoms. The van der Waals surface area contributed by atoms with Gasteiger partial charge in [0.2, 0.25) is 0 Å². The van der Waals surface area contributed by atoms with Crippen LogP contribution in [-0.4, -0.2) is 37.2 Å². The Balaban J connectivity index is 4.13. The molecule has 416 valence electrons. The molecule has 0 amide bonds. The molecule has 0 aromatic heterocycles. The molecule has 0 aromatic carbocycles. The lowest BCUT2D eigenvalue weighted by Gasteiger charge is -2.18. The Morgan fingerprint density at radius 2 is 0.386 bits per heavy atom. The van der Waals surface area contributed by atoms with Gasteiger partial charge in [-0.15, -0.1) is 0 Å². The minimum absolute atomic E-state index is 0.0610. The van der Waals surface area contributed by atoms with Gasteiger partial charge in [0.25, 0.3) is 0 Å². The summed E-state index contributed by atoms with van der Waals surface area (Å²) in [4.78, 5) is 38.2. The maximum absolute atomic E-state index is 12.9. The van der Waals surface area contributed by atoms with E-state index in [-0.39, 0.29) is 31.1 Å². The van der Waals surface area contributed by atoms with E-state index in [1.807, 2.05) is 0 Å². The van der Waals surface area contributed by atoms with Gasteiger partial charge < -0.3 is 14.2 Å². The predicted molar refractivity (Wildman–Crippen MR) is 303 cm³/mol. The smallest absolute Gasteiger partial charge is 0.306 e. The van der Waals surface area contributed by atoms with Crippen molar-refractivity contribution >= 4 is 17.9 Å². The van der Waals surface area contributed by atoms with Crippen molar-refractivity contribution in [2.24, 2.45) is 0 Å². The van der Waals surface area contributed by atoms with Gasteiger partial charge in [-0.2, -0.15) is 0 Å². The van der Waals surface area contributed by atoms with Crippen molar-refractivity contribution in [3.05, 3.63) is 0 Å². The lowest BCUT2D eigenvalue weighted by atomic mass is 10.0. The predicted octanol–water partition coefficient (Wildman–Crippen LogP) is 21.5. The van der Waals surface area contributed by atoms with Crippen LogP contribution in [-0.2, 0) is 28.6 Å². The fraction of sp³-hybridized carbons (Fsp3) is 0.953. The quantitative estimate of drug-likeness (QED) is 0.0343. The summed E-state index contributed by atoms with van der Waals surface area (Å²) in [7, 11) is 0. The largest absolute Gasteiger partial charge is 0.462 e. The Morgan fingerprint density at radius 3 is 0.571 bits per heavy atom. The molecule has 0 N–H and O–H groups in total. The Labute approximate surface area is 438 Å². The summed E-state index contributed by atoms with van der Waals surface area (Å²) >= 11 is 0. The third-order valence-electron chi connectivity index (χ3n) is 14.9. The van der Waals surface area contributed by atoms with Crippen LogP contribution in [0.4, 0.5) is 0 Å². The molecule has 6 nitrogen and oxygen atoms in total. The molecule has 0 aliphatic heterocycles. The lowest BCUT2D eigenvalue weighted by Crippen LogP contribution is -2.30. The summed E-state index contributed by atoms with van der Waals surface area (Å²) in [5.41, 5.74) is 0. The highest BCUT2D eigenvalue weighted by atomic mass is 16.6. The third kappa shape index (κ3) is 57.3. The van der Waals surface area contributed by atoms with E-state index in [4.69, 9.17) is 14.2 Å². The van der Waals surface area contributed by atoms with Crippen LogP contribution in [0.1, 0.15) is 374 Å². The van der Waals surface area contributed by atoms with E-state index >= 15 is 0 Å². The minimum atomic E-state index is -0.761. The van der Waals surface area contributed by atoms with Gasteiger partial charge in [0.15, 0.2) is 6.10 Å². The SMILES string of the molecule is CCCCCCCCCCCCCCCCCCCCCCCCC(=O)OCC(COC(=O)CCCCCCCCCCC)OC(=O)CCCCCCCCCCCCCCCCCCCCCCC. The zero-order valence-corrected chi connectivity index (χ0v) is 47.8. The summed E-state index contributed by atoms with van der Waals surface area (Å²) in [5.74, 6) is -0.831. The van der Waals surface area contributed by atoms with Gasteiger partial charge in [0, 0.05) is 19.3 Å². The molecule has 0 spiro atoms. The molecule has 0 radical (unpaired) electrons. The highest BCUT2D eigenvalue weighted by Gasteiger charge is 2.19. The molecule has 0 bridgehead atoms. The molecule has 0 aliphatic carbocycles. The summed E-state index contributed by atoms with van der Waals surface area (Å²) in [6.07, 6.45) is 68.4. The van der Waals surface area contributed by atoms with Crippen LogP contribution >= 0.6 is 0 Å². The molecule has 0 aliphatic rings. The molecule has 0 saturated heterocycles. The van der Waals surface area contributed by atoms with Crippen LogP contribution in [0.3, 0.4) is 0 Å². The standard InChI is InChI=1S/C64H124O6/c1-4-7-10-13-16-19-21-23-25-27-29-31-33-34-36-38-40-42-45-48-51-54-57-63(66)69-60-61(59-68-62(65)56-53-50-47-44-18-15-12-9-6-3)70-64(67)58-55-52-49-46-43-41-39-37-35-32-30-28-26-24-22-20-17-14-11-8-5-2/h61H,4-60H2,1-3H3. The van der Waals surface area contributed by atoms with Crippen LogP contribution in [0.5, 0.6) is 0 Å². The van der Waals surface area contributed by atoms with E-state index in [1.165, 1.54) is 276 Å². The van der Waals surface area contributed by atoms with Crippen molar-refractivity contribution in [2.45, 2.75) is 380 Å². The first-order valence-corrected chi connectivity index (χ1v) is 32.0. The monoisotopic (exact) mass is 989 g/mol. The number of ether oxygens (including phenoxy) is 3. The molecule has 1 atom stereocenters. The summed E-state index contributed by atoms with van der Waals surface area (Å²) in [6, 6.07) is 0. The molecule has 6 heteroatoms. The van der Waals surface area contributed by atoms with Crippen LogP contribution in [0.2, 0.25) is 0 Å². The molecule has 0 fully saturated rings. The first-order valence-electron chi connectivity index (χ1n) is 32.0. The summed E-state index contributed by atoms with van der Waals surface area (Å²) < 4.78 is 16.9. The van der Waals surface area contributed by atoms with Gasteiger partial charge in [-0.3, -0.25) is 14.4 Å². The average Bonchev–Trinajstić information content (AvgIpc) is 3.36. The molecule has 0 heterocycles. The first-order chi connectivity index (χ1) is 34.5. The van der Waals surface area contributed by atoms with E-state index in [0.717, 1.165) is 57.8 Å². The van der Waals surface area contributed by atoms with Gasteiger partial charge in [0.05, 0.1) is 0 Å². The second kappa shape index (κ2) is 60.0. The number of carbonyl (C=O) groups is 3. The van der Waals surface area contributed by atoms with Gasteiger partial charge in [0.1, 0.15) is 13.2 Å².